The van der Waals surface area contributed by atoms with Crippen LogP contribution in [0.4, 0.5) is 0 Å². The van der Waals surface area contributed by atoms with Gasteiger partial charge in [-0.25, -0.2) is 0 Å². The third-order valence-corrected chi connectivity index (χ3v) is 5.12. The van der Waals surface area contributed by atoms with Crippen LogP contribution in [0.15, 0.2) is 11.4 Å². The second-order valence-electron chi connectivity index (χ2n) is 5.12. The van der Waals surface area contributed by atoms with Gasteiger partial charge in [0.15, 0.2) is 5.78 Å². The van der Waals surface area contributed by atoms with Crippen LogP contribution in [0.25, 0.3) is 0 Å². The lowest BCUT2D eigenvalue weighted by Crippen LogP contribution is -2.21. The Hall–Kier alpha value is -0.630. The Kier molecular flexibility index (Phi) is 4.38. The smallest absolute Gasteiger partial charge is 0.176 e. The number of ketones is 1. The van der Waals surface area contributed by atoms with E-state index in [0.717, 1.165) is 30.1 Å². The molecule has 1 saturated carbocycles. The van der Waals surface area contributed by atoms with Crippen LogP contribution in [0.3, 0.4) is 0 Å². The van der Waals surface area contributed by atoms with Crippen molar-refractivity contribution in [3.05, 3.63) is 21.9 Å². The van der Waals surface area contributed by atoms with Crippen LogP contribution in [-0.2, 0) is 6.42 Å². The van der Waals surface area contributed by atoms with E-state index in [1.54, 1.807) is 11.3 Å². The van der Waals surface area contributed by atoms with Crippen molar-refractivity contribution in [1.82, 2.24) is 0 Å². The number of Topliss-reactive ketones (excluding diaryl/α,β-unsaturated/α-hetero) is 1. The first kappa shape index (κ1) is 12.8. The molecule has 0 saturated heterocycles. The van der Waals surface area contributed by atoms with E-state index in [2.05, 4.69) is 25.3 Å². The molecule has 17 heavy (non-hydrogen) atoms. The van der Waals surface area contributed by atoms with Gasteiger partial charge in [0, 0.05) is 5.92 Å². The highest BCUT2D eigenvalue weighted by Crippen LogP contribution is 2.34. The third kappa shape index (κ3) is 2.79. The first-order chi connectivity index (χ1) is 8.26. The van der Waals surface area contributed by atoms with Crippen molar-refractivity contribution in [2.24, 2.45) is 11.8 Å². The minimum Gasteiger partial charge on any atom is -0.293 e. The number of carbonyl (C=O) groups is 1. The van der Waals surface area contributed by atoms with E-state index < -0.39 is 0 Å². The van der Waals surface area contributed by atoms with E-state index in [-0.39, 0.29) is 0 Å². The molecule has 1 aliphatic rings. The summed E-state index contributed by atoms with van der Waals surface area (Å²) in [4.78, 5) is 13.5. The average Bonchev–Trinajstić information content (AvgIpc) is 2.86. The zero-order chi connectivity index (χ0) is 12.3. The molecule has 1 nitrogen and oxygen atoms in total. The maximum absolute atomic E-state index is 12.4. The fourth-order valence-electron chi connectivity index (χ4n) is 2.85. The maximum Gasteiger partial charge on any atom is 0.176 e. The molecule has 2 rings (SSSR count). The van der Waals surface area contributed by atoms with Gasteiger partial charge in [0.05, 0.1) is 4.88 Å². The molecule has 1 aromatic rings. The van der Waals surface area contributed by atoms with Gasteiger partial charge in [0.25, 0.3) is 0 Å². The Bertz CT molecular complexity index is 372. The van der Waals surface area contributed by atoms with Gasteiger partial charge in [-0.2, -0.15) is 0 Å². The molecule has 0 bridgehead atoms. The highest BCUT2D eigenvalue weighted by atomic mass is 32.1. The lowest BCUT2D eigenvalue weighted by molar-refractivity contribution is 0.0874. The van der Waals surface area contributed by atoms with Gasteiger partial charge >= 0.3 is 0 Å². The summed E-state index contributed by atoms with van der Waals surface area (Å²) in [5.74, 6) is 1.60. The Morgan fingerprint density at radius 1 is 1.29 bits per heavy atom. The SMILES string of the molecule is CCc1ccsc1C(=O)C1CCC(CC)CC1. The molecule has 0 spiro atoms. The number of thiophene rings is 1. The second-order valence-corrected chi connectivity index (χ2v) is 6.03. The van der Waals surface area contributed by atoms with Crippen molar-refractivity contribution in [1.29, 1.82) is 0 Å². The van der Waals surface area contributed by atoms with Crippen LogP contribution < -0.4 is 0 Å². The summed E-state index contributed by atoms with van der Waals surface area (Å²) in [5.41, 5.74) is 1.25. The summed E-state index contributed by atoms with van der Waals surface area (Å²) in [6.07, 6.45) is 6.98. The zero-order valence-corrected chi connectivity index (χ0v) is 11.7. The van der Waals surface area contributed by atoms with Gasteiger partial charge in [-0.05, 0) is 55.0 Å². The van der Waals surface area contributed by atoms with Crippen LogP contribution >= 0.6 is 11.3 Å². The van der Waals surface area contributed by atoms with Crippen molar-refractivity contribution in [3.63, 3.8) is 0 Å². The first-order valence-electron chi connectivity index (χ1n) is 6.86. The highest BCUT2D eigenvalue weighted by Gasteiger charge is 2.27. The molecule has 0 atom stereocenters. The van der Waals surface area contributed by atoms with Crippen molar-refractivity contribution in [2.45, 2.75) is 52.4 Å². The van der Waals surface area contributed by atoms with Gasteiger partial charge in [0.2, 0.25) is 0 Å². The van der Waals surface area contributed by atoms with E-state index in [0.29, 0.717) is 11.7 Å². The normalized spacial score (nSPS) is 24.8. The molecule has 94 valence electrons. The lowest BCUT2D eigenvalue weighted by Gasteiger charge is -2.26. The molecular weight excluding hydrogens is 228 g/mol. The number of aryl methyl sites for hydroxylation is 1. The predicted octanol–water partition coefficient (Wildman–Crippen LogP) is 4.71. The minimum absolute atomic E-state index is 0.307. The third-order valence-electron chi connectivity index (χ3n) is 4.15. The van der Waals surface area contributed by atoms with E-state index >= 15 is 0 Å². The molecule has 0 aromatic carbocycles. The van der Waals surface area contributed by atoms with E-state index in [9.17, 15) is 4.79 Å². The number of carbonyl (C=O) groups excluding carboxylic acids is 1. The summed E-state index contributed by atoms with van der Waals surface area (Å²) in [6, 6.07) is 2.11. The molecule has 0 radical (unpaired) electrons. The highest BCUT2D eigenvalue weighted by molar-refractivity contribution is 7.12. The average molecular weight is 250 g/mol. The van der Waals surface area contributed by atoms with Gasteiger partial charge < -0.3 is 0 Å². The molecule has 0 unspecified atom stereocenters. The number of hydrogen-bond acceptors (Lipinski definition) is 2. The Morgan fingerprint density at radius 2 is 2.00 bits per heavy atom. The zero-order valence-electron chi connectivity index (χ0n) is 10.9. The van der Waals surface area contributed by atoms with E-state index in [1.165, 1.54) is 24.8 Å². The topological polar surface area (TPSA) is 17.1 Å². The summed E-state index contributed by atoms with van der Waals surface area (Å²) in [5, 5.41) is 2.06. The predicted molar refractivity (Wildman–Crippen MR) is 73.8 cm³/mol. The summed E-state index contributed by atoms with van der Waals surface area (Å²) < 4.78 is 0. The fraction of sp³-hybridized carbons (Fsp3) is 0.667. The first-order valence-corrected chi connectivity index (χ1v) is 7.74. The fourth-order valence-corrected chi connectivity index (χ4v) is 3.86. The molecule has 1 heterocycles. The van der Waals surface area contributed by atoms with Gasteiger partial charge in [-0.1, -0.05) is 20.3 Å². The Labute approximate surface area is 108 Å². The maximum atomic E-state index is 12.4. The Balaban J connectivity index is 2.02. The van der Waals surface area contributed by atoms with E-state index in [4.69, 9.17) is 0 Å². The molecule has 1 aliphatic carbocycles. The minimum atomic E-state index is 0.307. The van der Waals surface area contributed by atoms with Crippen LogP contribution in [0.5, 0.6) is 0 Å². The van der Waals surface area contributed by atoms with Crippen molar-refractivity contribution in [3.8, 4) is 0 Å². The Morgan fingerprint density at radius 3 is 2.59 bits per heavy atom. The molecule has 2 heteroatoms. The van der Waals surface area contributed by atoms with Crippen LogP contribution in [0.1, 0.15) is 61.2 Å². The van der Waals surface area contributed by atoms with Crippen LogP contribution in [0, 0.1) is 11.8 Å². The van der Waals surface area contributed by atoms with E-state index in [1.807, 2.05) is 0 Å². The largest absolute Gasteiger partial charge is 0.293 e. The quantitative estimate of drug-likeness (QED) is 0.707. The molecule has 0 N–H and O–H groups in total. The molecule has 0 aliphatic heterocycles. The monoisotopic (exact) mass is 250 g/mol. The van der Waals surface area contributed by atoms with Crippen molar-refractivity contribution >= 4 is 17.1 Å². The molecular formula is C15H22OS. The van der Waals surface area contributed by atoms with Gasteiger partial charge in [-0.15, -0.1) is 11.3 Å². The summed E-state index contributed by atoms with van der Waals surface area (Å²) in [7, 11) is 0. The van der Waals surface area contributed by atoms with Gasteiger partial charge in [-0.3, -0.25) is 4.79 Å². The van der Waals surface area contributed by atoms with Gasteiger partial charge in [0.1, 0.15) is 0 Å². The summed E-state index contributed by atoms with van der Waals surface area (Å²) in [6.45, 7) is 4.40. The molecule has 1 aromatic heterocycles. The number of rotatable bonds is 4. The lowest BCUT2D eigenvalue weighted by atomic mass is 9.78. The van der Waals surface area contributed by atoms with Crippen LogP contribution in [0.2, 0.25) is 0 Å². The molecule has 1 fully saturated rings. The number of hydrogen-bond donors (Lipinski definition) is 0. The summed E-state index contributed by atoms with van der Waals surface area (Å²) >= 11 is 1.63. The van der Waals surface area contributed by atoms with Crippen molar-refractivity contribution < 1.29 is 4.79 Å². The molecule has 0 amide bonds. The van der Waals surface area contributed by atoms with Crippen LogP contribution in [-0.4, -0.2) is 5.78 Å². The van der Waals surface area contributed by atoms with Crippen molar-refractivity contribution in [2.75, 3.05) is 0 Å². The standard InChI is InChI=1S/C15H22OS/c1-3-11-5-7-13(8-6-11)14(16)15-12(4-2)9-10-17-15/h9-11,13H,3-8H2,1-2H3. The second kappa shape index (κ2) is 5.81.